The fraction of sp³-hybridized carbons (Fsp3) is 0.364. The Hall–Kier alpha value is -1.93. The van der Waals surface area contributed by atoms with Crippen LogP contribution in [0.5, 0.6) is 0 Å². The highest BCUT2D eigenvalue weighted by Gasteiger charge is 2.05. The van der Waals surface area contributed by atoms with E-state index in [2.05, 4.69) is 21.7 Å². The van der Waals surface area contributed by atoms with Crippen LogP contribution in [-0.4, -0.2) is 31.2 Å². The first-order valence-electron chi connectivity index (χ1n) is 5.26. The molecule has 1 aliphatic rings. The van der Waals surface area contributed by atoms with Crippen molar-refractivity contribution in [3.05, 3.63) is 29.8 Å². The summed E-state index contributed by atoms with van der Waals surface area (Å²) < 4.78 is 0. The summed E-state index contributed by atoms with van der Waals surface area (Å²) in [7, 11) is 0. The predicted octanol–water partition coefficient (Wildman–Crippen LogP) is 1.46. The van der Waals surface area contributed by atoms with Gasteiger partial charge in [0.2, 0.25) is 0 Å². The molecule has 0 radical (unpaired) electrons. The van der Waals surface area contributed by atoms with E-state index >= 15 is 0 Å². The topological polar surface area (TPSA) is 63.8 Å². The van der Waals surface area contributed by atoms with Gasteiger partial charge in [0.05, 0.1) is 30.4 Å². The molecule has 2 rings (SSSR count). The van der Waals surface area contributed by atoms with Crippen molar-refractivity contribution >= 4 is 5.69 Å². The molecule has 1 heterocycles. The van der Waals surface area contributed by atoms with Crippen LogP contribution < -0.4 is 5.32 Å². The molecule has 0 atom stereocenters. The van der Waals surface area contributed by atoms with Crippen molar-refractivity contribution in [2.45, 2.75) is 0 Å². The summed E-state index contributed by atoms with van der Waals surface area (Å²) in [5.74, 6) is 0. The Morgan fingerprint density at radius 2 is 1.88 bits per heavy atom. The number of nitriles is 1. The monoisotopic (exact) mass is 215 g/mol. The van der Waals surface area contributed by atoms with E-state index in [4.69, 9.17) is 5.26 Å². The Balaban J connectivity index is 1.97. The molecule has 1 saturated heterocycles. The number of piperazine rings is 1. The highest BCUT2D eigenvalue weighted by Crippen LogP contribution is 2.13. The number of benzene rings is 1. The highest BCUT2D eigenvalue weighted by molar-refractivity contribution is 5.41. The molecular weight excluding hydrogens is 202 g/mol. The molecule has 1 N–H and O–H groups in total. The zero-order valence-corrected chi connectivity index (χ0v) is 8.93. The molecule has 0 aliphatic carbocycles. The molecule has 0 amide bonds. The molecule has 1 aromatic carbocycles. The lowest BCUT2D eigenvalue weighted by atomic mass is 10.2. The molecule has 5 heteroatoms. The summed E-state index contributed by atoms with van der Waals surface area (Å²) >= 11 is 0. The minimum atomic E-state index is 0.640. The average Bonchev–Trinajstić information content (AvgIpc) is 2.38. The summed E-state index contributed by atoms with van der Waals surface area (Å²) in [5.41, 5.74) is 1.42. The van der Waals surface area contributed by atoms with Gasteiger partial charge >= 0.3 is 0 Å². The van der Waals surface area contributed by atoms with E-state index in [0.717, 1.165) is 31.9 Å². The van der Waals surface area contributed by atoms with Crippen molar-refractivity contribution < 1.29 is 0 Å². The van der Waals surface area contributed by atoms with Gasteiger partial charge in [-0.05, 0) is 24.3 Å². The SMILES string of the molecule is N#Cc1ccc(/N=N/N2CCNCC2)cc1. The fourth-order valence-electron chi connectivity index (χ4n) is 1.46. The molecule has 1 aliphatic heterocycles. The zero-order chi connectivity index (χ0) is 11.2. The van der Waals surface area contributed by atoms with Crippen molar-refractivity contribution in [3.8, 4) is 6.07 Å². The van der Waals surface area contributed by atoms with Gasteiger partial charge in [0.25, 0.3) is 0 Å². The van der Waals surface area contributed by atoms with Gasteiger partial charge in [-0.3, -0.25) is 5.01 Å². The maximum absolute atomic E-state index is 8.64. The van der Waals surface area contributed by atoms with Crippen LogP contribution in [0.1, 0.15) is 5.56 Å². The summed E-state index contributed by atoms with van der Waals surface area (Å²) in [6, 6.07) is 9.14. The van der Waals surface area contributed by atoms with Crippen LogP contribution in [-0.2, 0) is 0 Å². The van der Waals surface area contributed by atoms with Crippen LogP contribution in [0.3, 0.4) is 0 Å². The Morgan fingerprint density at radius 1 is 1.19 bits per heavy atom. The van der Waals surface area contributed by atoms with Crippen LogP contribution in [0.4, 0.5) is 5.69 Å². The first-order valence-corrected chi connectivity index (χ1v) is 5.26. The molecule has 0 bridgehead atoms. The normalized spacial score (nSPS) is 16.3. The van der Waals surface area contributed by atoms with Gasteiger partial charge < -0.3 is 5.32 Å². The fourth-order valence-corrected chi connectivity index (χ4v) is 1.46. The van der Waals surface area contributed by atoms with Gasteiger partial charge in [-0.15, -0.1) is 5.11 Å². The Labute approximate surface area is 94.4 Å². The standard InChI is InChI=1S/C11H13N5/c12-9-10-1-3-11(4-2-10)14-15-16-7-5-13-6-8-16/h1-4,13H,5-8H2/b15-14+. The smallest absolute Gasteiger partial charge is 0.0991 e. The van der Waals surface area contributed by atoms with Gasteiger partial charge in [0.1, 0.15) is 0 Å². The second-order valence-corrected chi connectivity index (χ2v) is 3.55. The van der Waals surface area contributed by atoms with Crippen molar-refractivity contribution in [2.75, 3.05) is 26.2 Å². The Bertz CT molecular complexity index is 397. The second kappa shape index (κ2) is 5.24. The summed E-state index contributed by atoms with van der Waals surface area (Å²) in [5, 5.41) is 22.1. The molecule has 1 aromatic rings. The van der Waals surface area contributed by atoms with Crippen LogP contribution in [0.15, 0.2) is 34.6 Å². The highest BCUT2D eigenvalue weighted by atomic mass is 15.5. The Kier molecular flexibility index (Phi) is 3.46. The van der Waals surface area contributed by atoms with E-state index in [1.807, 2.05) is 5.01 Å². The lowest BCUT2D eigenvalue weighted by molar-refractivity contribution is 0.237. The van der Waals surface area contributed by atoms with E-state index in [1.54, 1.807) is 24.3 Å². The molecule has 82 valence electrons. The largest absolute Gasteiger partial charge is 0.313 e. The van der Waals surface area contributed by atoms with E-state index in [1.165, 1.54) is 0 Å². The minimum absolute atomic E-state index is 0.640. The zero-order valence-electron chi connectivity index (χ0n) is 8.93. The van der Waals surface area contributed by atoms with Crippen molar-refractivity contribution in [3.63, 3.8) is 0 Å². The van der Waals surface area contributed by atoms with E-state index < -0.39 is 0 Å². The van der Waals surface area contributed by atoms with Gasteiger partial charge in [0.15, 0.2) is 0 Å². The molecular formula is C11H13N5. The van der Waals surface area contributed by atoms with Crippen LogP contribution in [0.2, 0.25) is 0 Å². The number of hydrogen-bond acceptors (Lipinski definition) is 4. The van der Waals surface area contributed by atoms with Crippen molar-refractivity contribution in [1.82, 2.24) is 10.3 Å². The Morgan fingerprint density at radius 3 is 2.50 bits per heavy atom. The van der Waals surface area contributed by atoms with Crippen molar-refractivity contribution in [1.29, 1.82) is 5.26 Å². The lowest BCUT2D eigenvalue weighted by Gasteiger charge is -2.22. The van der Waals surface area contributed by atoms with Crippen LogP contribution in [0, 0.1) is 11.3 Å². The van der Waals surface area contributed by atoms with Gasteiger partial charge in [-0.2, -0.15) is 5.26 Å². The van der Waals surface area contributed by atoms with Crippen LogP contribution >= 0.6 is 0 Å². The first-order chi connectivity index (χ1) is 7.88. The molecule has 0 saturated carbocycles. The van der Waals surface area contributed by atoms with Gasteiger partial charge in [-0.25, -0.2) is 0 Å². The molecule has 0 aromatic heterocycles. The number of hydrogen-bond donors (Lipinski definition) is 1. The predicted molar refractivity (Wildman–Crippen MR) is 60.1 cm³/mol. The van der Waals surface area contributed by atoms with Gasteiger partial charge in [0, 0.05) is 13.1 Å². The third kappa shape index (κ3) is 2.78. The van der Waals surface area contributed by atoms with Gasteiger partial charge in [-0.1, -0.05) is 5.22 Å². The quantitative estimate of drug-likeness (QED) is 0.760. The summed E-state index contributed by atoms with van der Waals surface area (Å²) in [6.07, 6.45) is 0. The van der Waals surface area contributed by atoms with Crippen molar-refractivity contribution in [2.24, 2.45) is 10.3 Å². The average molecular weight is 215 g/mol. The number of nitrogens with zero attached hydrogens (tertiary/aromatic N) is 4. The number of nitrogens with one attached hydrogen (secondary N) is 1. The molecule has 5 nitrogen and oxygen atoms in total. The maximum atomic E-state index is 8.64. The molecule has 1 fully saturated rings. The molecule has 16 heavy (non-hydrogen) atoms. The van der Waals surface area contributed by atoms with E-state index in [-0.39, 0.29) is 0 Å². The maximum Gasteiger partial charge on any atom is 0.0991 e. The summed E-state index contributed by atoms with van der Waals surface area (Å²) in [6.45, 7) is 3.68. The third-order valence-electron chi connectivity index (χ3n) is 2.38. The van der Waals surface area contributed by atoms with Crippen LogP contribution in [0.25, 0.3) is 0 Å². The third-order valence-corrected chi connectivity index (χ3v) is 2.38. The summed E-state index contributed by atoms with van der Waals surface area (Å²) in [4.78, 5) is 0. The lowest BCUT2D eigenvalue weighted by Crippen LogP contribution is -2.40. The second-order valence-electron chi connectivity index (χ2n) is 3.55. The minimum Gasteiger partial charge on any atom is -0.313 e. The first kappa shape index (κ1) is 10.6. The van der Waals surface area contributed by atoms with E-state index in [0.29, 0.717) is 5.56 Å². The van der Waals surface area contributed by atoms with E-state index in [9.17, 15) is 0 Å². The molecule has 0 spiro atoms. The molecule has 0 unspecified atom stereocenters. The number of rotatable bonds is 2.